The number of likely N-dealkylation sites (tertiary alicyclic amines) is 1. The number of urea groups is 1. The van der Waals surface area contributed by atoms with E-state index >= 15 is 0 Å². The molecule has 0 aliphatic carbocycles. The summed E-state index contributed by atoms with van der Waals surface area (Å²) in [5.74, 6) is -0.273. The quantitative estimate of drug-likeness (QED) is 0.918. The number of carbonyl (C=O) groups is 1. The van der Waals surface area contributed by atoms with Crippen LogP contribution in [0.25, 0.3) is 0 Å². The van der Waals surface area contributed by atoms with Crippen molar-refractivity contribution in [1.29, 1.82) is 0 Å². The SMILES string of the molecule is O=C(NCc1cccc(F)c1)N1CCCCC1CN1CCOCC1. The fourth-order valence-electron chi connectivity index (χ4n) is 3.47. The highest BCUT2D eigenvalue weighted by molar-refractivity contribution is 5.74. The Morgan fingerprint density at radius 3 is 2.88 bits per heavy atom. The van der Waals surface area contributed by atoms with Gasteiger partial charge in [-0.3, -0.25) is 4.90 Å². The molecule has 1 atom stereocenters. The minimum atomic E-state index is -0.273. The van der Waals surface area contributed by atoms with Gasteiger partial charge in [-0.05, 0) is 37.0 Å². The summed E-state index contributed by atoms with van der Waals surface area (Å²) < 4.78 is 18.6. The van der Waals surface area contributed by atoms with Crippen molar-refractivity contribution >= 4 is 6.03 Å². The van der Waals surface area contributed by atoms with Crippen molar-refractivity contribution in [2.75, 3.05) is 39.4 Å². The highest BCUT2D eigenvalue weighted by atomic mass is 19.1. The molecule has 2 aliphatic heterocycles. The van der Waals surface area contributed by atoms with Gasteiger partial charge in [0.2, 0.25) is 0 Å². The first-order valence-electron chi connectivity index (χ1n) is 8.81. The normalized spacial score (nSPS) is 22.4. The van der Waals surface area contributed by atoms with E-state index in [1.807, 2.05) is 11.0 Å². The van der Waals surface area contributed by atoms with Crippen molar-refractivity contribution in [3.05, 3.63) is 35.6 Å². The average molecular weight is 335 g/mol. The second kappa shape index (κ2) is 8.44. The summed E-state index contributed by atoms with van der Waals surface area (Å²) in [7, 11) is 0. The van der Waals surface area contributed by atoms with Gasteiger partial charge in [0, 0.05) is 38.8 Å². The second-order valence-electron chi connectivity index (χ2n) is 6.54. The molecule has 2 aliphatic rings. The van der Waals surface area contributed by atoms with Crippen LogP contribution in [-0.2, 0) is 11.3 Å². The highest BCUT2D eigenvalue weighted by Gasteiger charge is 2.28. The first-order chi connectivity index (χ1) is 11.7. The Hall–Kier alpha value is -1.66. The molecule has 1 unspecified atom stereocenters. The van der Waals surface area contributed by atoms with E-state index in [0.717, 1.165) is 57.8 Å². The number of rotatable bonds is 4. The molecule has 2 saturated heterocycles. The molecule has 1 aromatic carbocycles. The van der Waals surface area contributed by atoms with Gasteiger partial charge in [0.25, 0.3) is 0 Å². The first kappa shape index (κ1) is 17.2. The van der Waals surface area contributed by atoms with Crippen molar-refractivity contribution < 1.29 is 13.9 Å². The van der Waals surface area contributed by atoms with Crippen molar-refractivity contribution in [3.8, 4) is 0 Å². The Balaban J connectivity index is 1.54. The number of hydrogen-bond acceptors (Lipinski definition) is 3. The van der Waals surface area contributed by atoms with Crippen LogP contribution in [0.5, 0.6) is 0 Å². The number of piperidine rings is 1. The average Bonchev–Trinajstić information content (AvgIpc) is 2.61. The lowest BCUT2D eigenvalue weighted by Gasteiger charge is -2.39. The Labute approximate surface area is 142 Å². The van der Waals surface area contributed by atoms with Crippen LogP contribution in [0.15, 0.2) is 24.3 Å². The van der Waals surface area contributed by atoms with Gasteiger partial charge < -0.3 is 15.0 Å². The Morgan fingerprint density at radius 2 is 2.08 bits per heavy atom. The molecule has 24 heavy (non-hydrogen) atoms. The zero-order chi connectivity index (χ0) is 16.8. The van der Waals surface area contributed by atoms with Crippen molar-refractivity contribution in [3.63, 3.8) is 0 Å². The lowest BCUT2D eigenvalue weighted by Crippen LogP contribution is -2.53. The van der Waals surface area contributed by atoms with Crippen LogP contribution >= 0.6 is 0 Å². The molecule has 5 nitrogen and oxygen atoms in total. The van der Waals surface area contributed by atoms with Gasteiger partial charge >= 0.3 is 6.03 Å². The van der Waals surface area contributed by atoms with E-state index in [4.69, 9.17) is 4.74 Å². The number of amides is 2. The Morgan fingerprint density at radius 1 is 1.25 bits per heavy atom. The first-order valence-corrected chi connectivity index (χ1v) is 8.81. The summed E-state index contributed by atoms with van der Waals surface area (Å²) in [5.41, 5.74) is 0.782. The highest BCUT2D eigenvalue weighted by Crippen LogP contribution is 2.19. The fourth-order valence-corrected chi connectivity index (χ4v) is 3.47. The third kappa shape index (κ3) is 4.68. The molecule has 2 amide bonds. The maximum atomic E-state index is 13.2. The molecule has 0 aromatic heterocycles. The lowest BCUT2D eigenvalue weighted by atomic mass is 10.0. The molecule has 1 aromatic rings. The predicted molar refractivity (Wildman–Crippen MR) is 90.2 cm³/mol. The monoisotopic (exact) mass is 335 g/mol. The second-order valence-corrected chi connectivity index (χ2v) is 6.54. The van der Waals surface area contributed by atoms with Crippen LogP contribution in [0.2, 0.25) is 0 Å². The minimum absolute atomic E-state index is 0.0442. The smallest absolute Gasteiger partial charge is 0.317 e. The van der Waals surface area contributed by atoms with Gasteiger partial charge in [0.05, 0.1) is 13.2 Å². The lowest BCUT2D eigenvalue weighted by molar-refractivity contribution is 0.0221. The maximum absolute atomic E-state index is 13.2. The summed E-state index contributed by atoms with van der Waals surface area (Å²) in [5, 5.41) is 2.94. The summed E-state index contributed by atoms with van der Waals surface area (Å²) in [4.78, 5) is 16.9. The minimum Gasteiger partial charge on any atom is -0.379 e. The van der Waals surface area contributed by atoms with Gasteiger partial charge in [-0.1, -0.05) is 12.1 Å². The summed E-state index contributed by atoms with van der Waals surface area (Å²) >= 11 is 0. The number of morpholine rings is 1. The number of ether oxygens (including phenoxy) is 1. The van der Waals surface area contributed by atoms with E-state index in [0.29, 0.717) is 6.54 Å². The summed E-state index contributed by atoms with van der Waals surface area (Å²) in [6.07, 6.45) is 3.26. The molecule has 2 heterocycles. The summed E-state index contributed by atoms with van der Waals surface area (Å²) in [6.45, 7) is 5.50. The van der Waals surface area contributed by atoms with Gasteiger partial charge in [-0.25, -0.2) is 9.18 Å². The fraction of sp³-hybridized carbons (Fsp3) is 0.611. The Kier molecular flexibility index (Phi) is 6.04. The van der Waals surface area contributed by atoms with Gasteiger partial charge in [-0.15, -0.1) is 0 Å². The van der Waals surface area contributed by atoms with Crippen molar-refractivity contribution in [2.45, 2.75) is 31.8 Å². The predicted octanol–water partition coefficient (Wildman–Crippen LogP) is 2.22. The van der Waals surface area contributed by atoms with Crippen LogP contribution in [0.4, 0.5) is 9.18 Å². The number of carbonyl (C=O) groups excluding carboxylic acids is 1. The van der Waals surface area contributed by atoms with E-state index in [1.54, 1.807) is 6.07 Å². The third-order valence-electron chi connectivity index (χ3n) is 4.79. The van der Waals surface area contributed by atoms with Crippen LogP contribution < -0.4 is 5.32 Å². The van der Waals surface area contributed by atoms with Crippen LogP contribution in [0.3, 0.4) is 0 Å². The van der Waals surface area contributed by atoms with Crippen LogP contribution in [0.1, 0.15) is 24.8 Å². The van der Waals surface area contributed by atoms with E-state index in [9.17, 15) is 9.18 Å². The zero-order valence-electron chi connectivity index (χ0n) is 14.0. The molecule has 0 radical (unpaired) electrons. The number of nitrogens with zero attached hydrogens (tertiary/aromatic N) is 2. The molecule has 6 heteroatoms. The van der Waals surface area contributed by atoms with Gasteiger partial charge in [0.15, 0.2) is 0 Å². The largest absolute Gasteiger partial charge is 0.379 e. The number of halogens is 1. The molecular weight excluding hydrogens is 309 g/mol. The standard InChI is InChI=1S/C18H26FN3O2/c19-16-5-3-4-15(12-16)13-20-18(23)22-7-2-1-6-17(22)14-21-8-10-24-11-9-21/h3-5,12,17H,1-2,6-11,13-14H2,(H,20,23). The molecule has 2 fully saturated rings. The van der Waals surface area contributed by atoms with E-state index < -0.39 is 0 Å². The number of hydrogen-bond donors (Lipinski definition) is 1. The van der Waals surface area contributed by atoms with Gasteiger partial charge in [-0.2, -0.15) is 0 Å². The molecule has 1 N–H and O–H groups in total. The molecule has 3 rings (SSSR count). The number of benzene rings is 1. The van der Waals surface area contributed by atoms with Gasteiger partial charge in [0.1, 0.15) is 5.82 Å². The van der Waals surface area contributed by atoms with Crippen molar-refractivity contribution in [1.82, 2.24) is 15.1 Å². The maximum Gasteiger partial charge on any atom is 0.317 e. The zero-order valence-corrected chi connectivity index (χ0v) is 14.0. The van der Waals surface area contributed by atoms with Crippen LogP contribution in [-0.4, -0.2) is 61.3 Å². The number of nitrogens with one attached hydrogen (secondary N) is 1. The molecule has 0 bridgehead atoms. The molecule has 0 saturated carbocycles. The van der Waals surface area contributed by atoms with Crippen LogP contribution in [0, 0.1) is 5.82 Å². The molecule has 132 valence electrons. The van der Waals surface area contributed by atoms with Crippen molar-refractivity contribution in [2.24, 2.45) is 0 Å². The third-order valence-corrected chi connectivity index (χ3v) is 4.79. The molecular formula is C18H26FN3O2. The van der Waals surface area contributed by atoms with E-state index in [-0.39, 0.29) is 17.9 Å². The van der Waals surface area contributed by atoms with E-state index in [2.05, 4.69) is 10.2 Å². The summed E-state index contributed by atoms with van der Waals surface area (Å²) in [6, 6.07) is 6.57. The molecule has 0 spiro atoms. The van der Waals surface area contributed by atoms with E-state index in [1.165, 1.54) is 18.6 Å². The topological polar surface area (TPSA) is 44.8 Å². The Bertz CT molecular complexity index is 549.